The van der Waals surface area contributed by atoms with E-state index in [1.165, 1.54) is 28.1 Å². The summed E-state index contributed by atoms with van der Waals surface area (Å²) in [5.41, 5.74) is 7.45. The molecule has 3 rings (SSSR count). The van der Waals surface area contributed by atoms with Gasteiger partial charge in [0.1, 0.15) is 0 Å². The van der Waals surface area contributed by atoms with Crippen LogP contribution in [0.1, 0.15) is 22.6 Å². The molecule has 0 spiro atoms. The number of nitrogens with zero attached hydrogens (tertiary/aromatic N) is 2. The van der Waals surface area contributed by atoms with Gasteiger partial charge in [0.25, 0.3) is 0 Å². The van der Waals surface area contributed by atoms with Crippen LogP contribution in [0.25, 0.3) is 0 Å². The molecule has 0 amide bonds. The molecule has 3 aromatic rings. The summed E-state index contributed by atoms with van der Waals surface area (Å²) in [6, 6.07) is 26.5. The molecule has 1 N–H and O–H groups in total. The Labute approximate surface area is 163 Å². The molecular formula is C24H29N3. The lowest BCUT2D eigenvalue weighted by Crippen LogP contribution is -2.10. The van der Waals surface area contributed by atoms with Crippen molar-refractivity contribution < 1.29 is 0 Å². The van der Waals surface area contributed by atoms with E-state index in [0.717, 1.165) is 5.69 Å². The van der Waals surface area contributed by atoms with E-state index in [2.05, 4.69) is 116 Å². The van der Waals surface area contributed by atoms with Crippen LogP contribution in [0.4, 0.5) is 17.1 Å². The Morgan fingerprint density at radius 1 is 0.556 bits per heavy atom. The Morgan fingerprint density at radius 2 is 0.889 bits per heavy atom. The average Bonchev–Trinajstić information content (AvgIpc) is 2.69. The summed E-state index contributed by atoms with van der Waals surface area (Å²) in [5.74, 6) is 0.211. The highest BCUT2D eigenvalue weighted by atomic mass is 15.1. The van der Waals surface area contributed by atoms with Gasteiger partial charge in [0.15, 0.2) is 0 Å². The number of anilines is 3. The Kier molecular flexibility index (Phi) is 5.70. The summed E-state index contributed by atoms with van der Waals surface area (Å²) in [7, 11) is 10.2. The smallest absolute Gasteiger partial charge is 0.0361 e. The number of hydrogen-bond donors (Lipinski definition) is 1. The van der Waals surface area contributed by atoms with Crippen molar-refractivity contribution in [2.45, 2.75) is 5.92 Å². The summed E-state index contributed by atoms with van der Waals surface area (Å²) in [6.45, 7) is 0. The van der Waals surface area contributed by atoms with Crippen LogP contribution >= 0.6 is 0 Å². The molecule has 0 fully saturated rings. The first kappa shape index (κ1) is 18.8. The number of nitrogens with one attached hydrogen (secondary N) is 1. The minimum Gasteiger partial charge on any atom is -0.388 e. The standard InChI is InChI=1S/C24H29N3/c1-25-21-12-6-18(7-13-21)24(19-8-14-22(15-9-19)26(2)3)20-10-16-23(17-11-20)27(4)5/h6-17,24-25H,1-5H3. The third kappa shape index (κ3) is 4.25. The normalized spacial score (nSPS) is 10.7. The first-order valence-electron chi connectivity index (χ1n) is 9.32. The summed E-state index contributed by atoms with van der Waals surface area (Å²) in [6.07, 6.45) is 0. The quantitative estimate of drug-likeness (QED) is 0.622. The molecule has 27 heavy (non-hydrogen) atoms. The van der Waals surface area contributed by atoms with Crippen molar-refractivity contribution in [3.05, 3.63) is 89.5 Å². The molecule has 0 radical (unpaired) electrons. The second kappa shape index (κ2) is 8.17. The van der Waals surface area contributed by atoms with E-state index in [-0.39, 0.29) is 5.92 Å². The SMILES string of the molecule is CNc1ccc(C(c2ccc(N(C)C)cc2)c2ccc(N(C)C)cc2)cc1. The van der Waals surface area contributed by atoms with Crippen LogP contribution in [0.5, 0.6) is 0 Å². The maximum atomic E-state index is 3.20. The van der Waals surface area contributed by atoms with Crippen LogP contribution in [0.2, 0.25) is 0 Å². The molecule has 3 aromatic carbocycles. The zero-order valence-corrected chi connectivity index (χ0v) is 16.9. The molecule has 0 aromatic heterocycles. The molecule has 0 aliphatic heterocycles. The minimum atomic E-state index is 0.211. The van der Waals surface area contributed by atoms with Gasteiger partial charge in [-0.2, -0.15) is 0 Å². The fraction of sp³-hybridized carbons (Fsp3) is 0.250. The molecule has 0 aliphatic rings. The third-order valence-corrected chi connectivity index (χ3v) is 5.02. The van der Waals surface area contributed by atoms with Crippen molar-refractivity contribution in [3.8, 4) is 0 Å². The van der Waals surface area contributed by atoms with Gasteiger partial charge in [-0.25, -0.2) is 0 Å². The first-order valence-corrected chi connectivity index (χ1v) is 9.32. The van der Waals surface area contributed by atoms with Crippen molar-refractivity contribution in [1.29, 1.82) is 0 Å². The van der Waals surface area contributed by atoms with Crippen molar-refractivity contribution >= 4 is 17.1 Å². The molecule has 0 bridgehead atoms. The fourth-order valence-electron chi connectivity index (χ4n) is 3.35. The van der Waals surface area contributed by atoms with Gasteiger partial charge >= 0.3 is 0 Å². The molecule has 3 nitrogen and oxygen atoms in total. The molecule has 0 atom stereocenters. The highest BCUT2D eigenvalue weighted by Gasteiger charge is 2.17. The fourth-order valence-corrected chi connectivity index (χ4v) is 3.35. The largest absolute Gasteiger partial charge is 0.388 e. The summed E-state index contributed by atoms with van der Waals surface area (Å²) < 4.78 is 0. The maximum Gasteiger partial charge on any atom is 0.0361 e. The van der Waals surface area contributed by atoms with Gasteiger partial charge in [0.2, 0.25) is 0 Å². The van der Waals surface area contributed by atoms with Gasteiger partial charge < -0.3 is 15.1 Å². The average molecular weight is 360 g/mol. The van der Waals surface area contributed by atoms with Gasteiger partial charge in [0.05, 0.1) is 0 Å². The number of hydrogen-bond acceptors (Lipinski definition) is 3. The van der Waals surface area contributed by atoms with Gasteiger partial charge in [-0.3, -0.25) is 0 Å². The zero-order chi connectivity index (χ0) is 19.4. The van der Waals surface area contributed by atoms with E-state index in [9.17, 15) is 0 Å². The predicted molar refractivity (Wildman–Crippen MR) is 118 cm³/mol. The summed E-state index contributed by atoms with van der Waals surface area (Å²) >= 11 is 0. The van der Waals surface area contributed by atoms with Crippen molar-refractivity contribution in [3.63, 3.8) is 0 Å². The third-order valence-electron chi connectivity index (χ3n) is 5.02. The molecule has 140 valence electrons. The van der Waals surface area contributed by atoms with E-state index in [1.54, 1.807) is 0 Å². The monoisotopic (exact) mass is 359 g/mol. The summed E-state index contributed by atoms with van der Waals surface area (Å²) in [4.78, 5) is 4.26. The van der Waals surface area contributed by atoms with Crippen LogP contribution < -0.4 is 15.1 Å². The van der Waals surface area contributed by atoms with E-state index < -0.39 is 0 Å². The van der Waals surface area contributed by atoms with Gasteiger partial charge in [-0.05, 0) is 53.1 Å². The Hall–Kier alpha value is -2.94. The van der Waals surface area contributed by atoms with Crippen LogP contribution in [0.3, 0.4) is 0 Å². The molecule has 0 aliphatic carbocycles. The van der Waals surface area contributed by atoms with Crippen molar-refractivity contribution in [2.75, 3.05) is 50.4 Å². The lowest BCUT2D eigenvalue weighted by Gasteiger charge is -2.22. The van der Waals surface area contributed by atoms with E-state index in [4.69, 9.17) is 0 Å². The number of rotatable bonds is 6. The second-order valence-electron chi connectivity index (χ2n) is 7.28. The van der Waals surface area contributed by atoms with E-state index >= 15 is 0 Å². The zero-order valence-electron chi connectivity index (χ0n) is 16.9. The van der Waals surface area contributed by atoms with Crippen LogP contribution in [0, 0.1) is 0 Å². The topological polar surface area (TPSA) is 18.5 Å². The highest BCUT2D eigenvalue weighted by Crippen LogP contribution is 2.34. The Bertz CT molecular complexity index is 796. The lowest BCUT2D eigenvalue weighted by molar-refractivity contribution is 0.973. The molecule has 3 heteroatoms. The van der Waals surface area contributed by atoms with Crippen molar-refractivity contribution in [1.82, 2.24) is 0 Å². The van der Waals surface area contributed by atoms with Crippen LogP contribution in [-0.2, 0) is 0 Å². The highest BCUT2D eigenvalue weighted by molar-refractivity contribution is 5.54. The van der Waals surface area contributed by atoms with Crippen molar-refractivity contribution in [2.24, 2.45) is 0 Å². The molecular weight excluding hydrogens is 330 g/mol. The number of benzene rings is 3. The van der Waals surface area contributed by atoms with Crippen LogP contribution in [-0.4, -0.2) is 35.2 Å². The molecule has 0 saturated heterocycles. The molecule has 0 unspecified atom stereocenters. The van der Waals surface area contributed by atoms with Gasteiger partial charge in [0, 0.05) is 58.2 Å². The van der Waals surface area contributed by atoms with E-state index in [0.29, 0.717) is 0 Å². The minimum absolute atomic E-state index is 0.211. The Balaban J connectivity index is 2.04. The lowest BCUT2D eigenvalue weighted by atomic mass is 9.85. The molecule has 0 saturated carbocycles. The Morgan fingerprint density at radius 3 is 1.19 bits per heavy atom. The second-order valence-corrected chi connectivity index (χ2v) is 7.28. The first-order chi connectivity index (χ1) is 13.0. The predicted octanol–water partition coefficient (Wildman–Crippen LogP) is 5.04. The maximum absolute atomic E-state index is 3.20. The van der Waals surface area contributed by atoms with Crippen LogP contribution in [0.15, 0.2) is 72.8 Å². The van der Waals surface area contributed by atoms with E-state index in [1.807, 2.05) is 7.05 Å². The van der Waals surface area contributed by atoms with Gasteiger partial charge in [-0.15, -0.1) is 0 Å². The van der Waals surface area contributed by atoms with Gasteiger partial charge in [-0.1, -0.05) is 36.4 Å². The summed E-state index contributed by atoms with van der Waals surface area (Å²) in [5, 5.41) is 3.20. The molecule has 0 heterocycles.